The molecule has 1 N–H and O–H groups in total. The fraction of sp³-hybridized carbons (Fsp3) is 0.667. The molecule has 2 fully saturated rings. The van der Waals surface area contributed by atoms with E-state index in [1.807, 2.05) is 0 Å². The molecule has 0 radical (unpaired) electrons. The zero-order valence-corrected chi connectivity index (χ0v) is 15.5. The van der Waals surface area contributed by atoms with E-state index in [2.05, 4.69) is 48.1 Å². The Hall–Kier alpha value is -1.39. The maximum absolute atomic E-state index is 11.0. The van der Waals surface area contributed by atoms with Gasteiger partial charge in [-0.1, -0.05) is 43.4 Å². The third-order valence-corrected chi connectivity index (χ3v) is 5.12. The molecule has 2 aliphatic rings. The molecule has 1 aliphatic carbocycles. The predicted molar refractivity (Wildman–Crippen MR) is 99.1 cm³/mol. The molecule has 1 aliphatic heterocycles. The standard InChI is InChI=1S/C21H32O4/c1-3-4-9-13-19-17-15-18(22)21(25-19)16(17)12-10-7-5-6-8-11-14-20(23)24-2/h4-6,9-10,12,16-19,21-22H,3,7-8,11,13-15H2,1-2H3/b6-5-,9-4-,12-10-. The first-order valence-corrected chi connectivity index (χ1v) is 9.54. The zero-order chi connectivity index (χ0) is 18.1. The molecule has 0 aromatic carbocycles. The van der Waals surface area contributed by atoms with Crippen molar-refractivity contribution >= 4 is 5.97 Å². The van der Waals surface area contributed by atoms with Crippen LogP contribution in [0.4, 0.5) is 0 Å². The minimum absolute atomic E-state index is 0.0367. The molecular formula is C21H32O4. The van der Waals surface area contributed by atoms with Crippen LogP contribution in [0.3, 0.4) is 0 Å². The van der Waals surface area contributed by atoms with E-state index in [9.17, 15) is 9.90 Å². The number of aliphatic hydroxyl groups is 1. The molecule has 2 bridgehead atoms. The molecule has 1 saturated heterocycles. The maximum atomic E-state index is 11.0. The summed E-state index contributed by atoms with van der Waals surface area (Å²) in [7, 11) is 1.42. The summed E-state index contributed by atoms with van der Waals surface area (Å²) in [6.07, 6.45) is 18.9. The first-order valence-electron chi connectivity index (χ1n) is 9.54. The van der Waals surface area contributed by atoms with Gasteiger partial charge in [0.1, 0.15) is 0 Å². The molecule has 2 rings (SSSR count). The SMILES string of the molecule is CC/C=C\CC1OC2C(O)CC1C2/C=C\C/C=C\CCCC(=O)OC. The summed E-state index contributed by atoms with van der Waals surface area (Å²) in [5, 5.41) is 10.1. The first-order chi connectivity index (χ1) is 12.2. The van der Waals surface area contributed by atoms with Crippen LogP contribution in [0.5, 0.6) is 0 Å². The topological polar surface area (TPSA) is 55.8 Å². The van der Waals surface area contributed by atoms with Crippen molar-refractivity contribution in [2.45, 2.75) is 70.2 Å². The number of carbonyl (C=O) groups excluding carboxylic acids is 1. The molecule has 1 heterocycles. The molecule has 0 aromatic heterocycles. The number of esters is 1. The van der Waals surface area contributed by atoms with E-state index in [1.165, 1.54) is 7.11 Å². The number of aliphatic hydroxyl groups excluding tert-OH is 1. The highest BCUT2D eigenvalue weighted by Gasteiger charge is 2.52. The Morgan fingerprint density at radius 3 is 2.84 bits per heavy atom. The number of allylic oxidation sites excluding steroid dienone is 4. The average Bonchev–Trinajstić information content (AvgIpc) is 3.10. The fourth-order valence-electron chi connectivity index (χ4n) is 3.83. The Balaban J connectivity index is 1.71. The van der Waals surface area contributed by atoms with Gasteiger partial charge in [0.25, 0.3) is 0 Å². The number of hydrogen-bond donors (Lipinski definition) is 1. The second-order valence-electron chi connectivity index (χ2n) is 6.90. The van der Waals surface area contributed by atoms with Crippen LogP contribution < -0.4 is 0 Å². The normalized spacial score (nSPS) is 31.7. The molecule has 1 saturated carbocycles. The van der Waals surface area contributed by atoms with Crippen molar-refractivity contribution in [3.05, 3.63) is 36.5 Å². The molecule has 140 valence electrons. The highest BCUT2D eigenvalue weighted by molar-refractivity contribution is 5.69. The van der Waals surface area contributed by atoms with Crippen LogP contribution in [0.2, 0.25) is 0 Å². The van der Waals surface area contributed by atoms with Crippen molar-refractivity contribution < 1.29 is 19.4 Å². The molecule has 0 amide bonds. The van der Waals surface area contributed by atoms with Crippen molar-refractivity contribution in [3.63, 3.8) is 0 Å². The quantitative estimate of drug-likeness (QED) is 0.369. The number of fused-ring (bicyclic) bond motifs is 2. The van der Waals surface area contributed by atoms with E-state index in [4.69, 9.17) is 4.74 Å². The largest absolute Gasteiger partial charge is 0.469 e. The Morgan fingerprint density at radius 1 is 1.24 bits per heavy atom. The van der Waals surface area contributed by atoms with Crippen LogP contribution in [0.25, 0.3) is 0 Å². The Kier molecular flexibility index (Phi) is 8.42. The van der Waals surface area contributed by atoms with Crippen LogP contribution in [-0.4, -0.2) is 36.5 Å². The second kappa shape index (κ2) is 10.6. The van der Waals surface area contributed by atoms with E-state index >= 15 is 0 Å². The average molecular weight is 348 g/mol. The van der Waals surface area contributed by atoms with E-state index in [0.717, 1.165) is 38.5 Å². The number of hydrogen-bond acceptors (Lipinski definition) is 4. The molecule has 5 unspecified atom stereocenters. The lowest BCUT2D eigenvalue weighted by molar-refractivity contribution is -0.140. The number of carbonyl (C=O) groups is 1. The van der Waals surface area contributed by atoms with Gasteiger partial charge in [0, 0.05) is 12.3 Å². The summed E-state index contributed by atoms with van der Waals surface area (Å²) in [6, 6.07) is 0. The summed E-state index contributed by atoms with van der Waals surface area (Å²) in [5.41, 5.74) is 0. The highest BCUT2D eigenvalue weighted by atomic mass is 16.5. The molecule has 25 heavy (non-hydrogen) atoms. The van der Waals surface area contributed by atoms with Gasteiger partial charge in [0.2, 0.25) is 0 Å². The summed E-state index contributed by atoms with van der Waals surface area (Å²) in [6.45, 7) is 2.14. The number of ether oxygens (including phenoxy) is 2. The van der Waals surface area contributed by atoms with Crippen LogP contribution in [0.1, 0.15) is 51.9 Å². The van der Waals surface area contributed by atoms with Gasteiger partial charge in [-0.2, -0.15) is 0 Å². The summed E-state index contributed by atoms with van der Waals surface area (Å²) >= 11 is 0. The van der Waals surface area contributed by atoms with Crippen molar-refractivity contribution in [3.8, 4) is 0 Å². The van der Waals surface area contributed by atoms with Crippen molar-refractivity contribution in [2.24, 2.45) is 11.8 Å². The van der Waals surface area contributed by atoms with Gasteiger partial charge >= 0.3 is 5.97 Å². The monoisotopic (exact) mass is 348 g/mol. The van der Waals surface area contributed by atoms with E-state index < -0.39 is 0 Å². The van der Waals surface area contributed by atoms with Gasteiger partial charge in [-0.15, -0.1) is 0 Å². The second-order valence-corrected chi connectivity index (χ2v) is 6.90. The molecule has 4 nitrogen and oxygen atoms in total. The maximum Gasteiger partial charge on any atom is 0.305 e. The molecule has 0 spiro atoms. The Morgan fingerprint density at radius 2 is 2.08 bits per heavy atom. The Labute approximate surface area is 151 Å². The number of rotatable bonds is 10. The lowest BCUT2D eigenvalue weighted by Crippen LogP contribution is -2.30. The molecule has 5 atom stereocenters. The van der Waals surface area contributed by atoms with Gasteiger partial charge < -0.3 is 14.6 Å². The van der Waals surface area contributed by atoms with E-state index in [-0.39, 0.29) is 24.3 Å². The molecule has 0 aromatic rings. The fourth-order valence-corrected chi connectivity index (χ4v) is 3.83. The van der Waals surface area contributed by atoms with Crippen LogP contribution in [0, 0.1) is 11.8 Å². The van der Waals surface area contributed by atoms with Crippen LogP contribution in [-0.2, 0) is 14.3 Å². The minimum atomic E-state index is -0.320. The lowest BCUT2D eigenvalue weighted by atomic mass is 9.90. The van der Waals surface area contributed by atoms with Crippen LogP contribution in [0.15, 0.2) is 36.5 Å². The third kappa shape index (κ3) is 5.82. The van der Waals surface area contributed by atoms with Gasteiger partial charge in [-0.05, 0) is 44.4 Å². The van der Waals surface area contributed by atoms with Crippen molar-refractivity contribution in [1.82, 2.24) is 0 Å². The van der Waals surface area contributed by atoms with Crippen molar-refractivity contribution in [1.29, 1.82) is 0 Å². The smallest absolute Gasteiger partial charge is 0.305 e. The summed E-state index contributed by atoms with van der Waals surface area (Å²) in [5.74, 6) is 0.622. The third-order valence-electron chi connectivity index (χ3n) is 5.12. The Bertz CT molecular complexity index is 494. The first kappa shape index (κ1) is 19.9. The van der Waals surface area contributed by atoms with Crippen molar-refractivity contribution in [2.75, 3.05) is 7.11 Å². The zero-order valence-electron chi connectivity index (χ0n) is 15.5. The number of methoxy groups -OCH3 is 1. The van der Waals surface area contributed by atoms with Crippen LogP contribution >= 0.6 is 0 Å². The van der Waals surface area contributed by atoms with E-state index in [0.29, 0.717) is 18.3 Å². The number of unbranched alkanes of at least 4 members (excludes halogenated alkanes) is 1. The molecular weight excluding hydrogens is 316 g/mol. The van der Waals surface area contributed by atoms with E-state index in [1.54, 1.807) is 0 Å². The van der Waals surface area contributed by atoms with Gasteiger partial charge in [-0.25, -0.2) is 0 Å². The predicted octanol–water partition coefficient (Wildman–Crippen LogP) is 3.95. The van der Waals surface area contributed by atoms with Gasteiger partial charge in [0.05, 0.1) is 25.4 Å². The summed E-state index contributed by atoms with van der Waals surface area (Å²) in [4.78, 5) is 11.0. The summed E-state index contributed by atoms with van der Waals surface area (Å²) < 4.78 is 10.7. The minimum Gasteiger partial charge on any atom is -0.469 e. The molecule has 4 heteroatoms. The highest BCUT2D eigenvalue weighted by Crippen LogP contribution is 2.47. The van der Waals surface area contributed by atoms with Gasteiger partial charge in [0.15, 0.2) is 0 Å². The van der Waals surface area contributed by atoms with Gasteiger partial charge in [-0.3, -0.25) is 4.79 Å². The lowest BCUT2D eigenvalue weighted by Gasteiger charge is -2.24.